The molecule has 0 saturated heterocycles. The summed E-state index contributed by atoms with van der Waals surface area (Å²) in [6, 6.07) is 10.0. The number of rotatable bonds is 4. The van der Waals surface area contributed by atoms with Gasteiger partial charge in [0.15, 0.2) is 0 Å². The number of nitrogens with one attached hydrogen (secondary N) is 1. The number of hydrogen-bond donors (Lipinski definition) is 1. The van der Waals surface area contributed by atoms with Crippen molar-refractivity contribution in [3.05, 3.63) is 63.9 Å². The molecule has 2 aromatic carbocycles. The van der Waals surface area contributed by atoms with E-state index in [1.165, 1.54) is 42.3 Å². The van der Waals surface area contributed by atoms with Crippen molar-refractivity contribution in [3.8, 4) is 0 Å². The van der Waals surface area contributed by atoms with Crippen molar-refractivity contribution >= 4 is 40.7 Å². The predicted molar refractivity (Wildman–Crippen MR) is 88.5 cm³/mol. The second kappa shape index (κ2) is 7.44. The van der Waals surface area contributed by atoms with Gasteiger partial charge in [0.25, 0.3) is 5.91 Å². The fourth-order valence-corrected chi connectivity index (χ4v) is 2.28. The van der Waals surface area contributed by atoms with Crippen LogP contribution in [-0.4, -0.2) is 30.3 Å². The Morgan fingerprint density at radius 3 is 2.43 bits per heavy atom. The Morgan fingerprint density at radius 1 is 1.13 bits per heavy atom. The quantitative estimate of drug-likeness (QED) is 0.906. The lowest BCUT2D eigenvalue weighted by molar-refractivity contribution is -0.116. The summed E-state index contributed by atoms with van der Waals surface area (Å²) in [6.07, 6.45) is 0. The first-order valence-corrected chi connectivity index (χ1v) is 7.39. The number of carbonyl (C=O) groups is 2. The van der Waals surface area contributed by atoms with E-state index >= 15 is 0 Å². The van der Waals surface area contributed by atoms with Gasteiger partial charge in [-0.2, -0.15) is 0 Å². The molecule has 120 valence electrons. The van der Waals surface area contributed by atoms with E-state index in [2.05, 4.69) is 5.32 Å². The minimum atomic E-state index is -0.424. The summed E-state index contributed by atoms with van der Waals surface area (Å²) < 4.78 is 12.8. The zero-order valence-electron chi connectivity index (χ0n) is 12.1. The van der Waals surface area contributed by atoms with Gasteiger partial charge in [-0.3, -0.25) is 9.59 Å². The maximum atomic E-state index is 12.8. The molecule has 4 nitrogen and oxygen atoms in total. The number of halogens is 3. The molecule has 1 N–H and O–H groups in total. The maximum absolute atomic E-state index is 12.8. The molecular formula is C16H13Cl2FN2O2. The number of anilines is 1. The highest BCUT2D eigenvalue weighted by Crippen LogP contribution is 2.26. The summed E-state index contributed by atoms with van der Waals surface area (Å²) in [5, 5.41) is 2.98. The Balaban J connectivity index is 2.01. The van der Waals surface area contributed by atoms with Gasteiger partial charge in [0.1, 0.15) is 5.82 Å². The first-order chi connectivity index (χ1) is 10.9. The molecule has 0 fully saturated rings. The zero-order valence-corrected chi connectivity index (χ0v) is 13.7. The van der Waals surface area contributed by atoms with Crippen molar-refractivity contribution in [3.63, 3.8) is 0 Å². The highest BCUT2D eigenvalue weighted by atomic mass is 35.5. The Bertz CT molecular complexity index is 735. The SMILES string of the molecule is CN(CC(=O)Nc1ccc(F)cc1)C(=O)c1cccc(Cl)c1Cl. The molecule has 0 aliphatic carbocycles. The number of likely N-dealkylation sites (N-methyl/N-ethyl adjacent to an activating group) is 1. The van der Waals surface area contributed by atoms with E-state index < -0.39 is 17.6 Å². The molecule has 2 amide bonds. The summed E-state index contributed by atoms with van der Waals surface area (Å²) in [5.41, 5.74) is 0.661. The zero-order chi connectivity index (χ0) is 17.0. The van der Waals surface area contributed by atoms with Crippen LogP contribution in [0.3, 0.4) is 0 Å². The molecular weight excluding hydrogens is 342 g/mol. The van der Waals surface area contributed by atoms with E-state index in [0.29, 0.717) is 5.69 Å². The molecule has 2 rings (SSSR count). The Morgan fingerprint density at radius 2 is 1.78 bits per heavy atom. The fourth-order valence-electron chi connectivity index (χ4n) is 1.90. The maximum Gasteiger partial charge on any atom is 0.255 e. The number of nitrogens with zero attached hydrogens (tertiary/aromatic N) is 1. The third kappa shape index (κ3) is 4.43. The predicted octanol–water partition coefficient (Wildman–Crippen LogP) is 3.84. The van der Waals surface area contributed by atoms with Crippen molar-refractivity contribution in [2.75, 3.05) is 18.9 Å². The van der Waals surface area contributed by atoms with Crippen LogP contribution in [0.5, 0.6) is 0 Å². The van der Waals surface area contributed by atoms with Crippen LogP contribution in [0, 0.1) is 5.82 Å². The van der Waals surface area contributed by atoms with Crippen LogP contribution in [0.2, 0.25) is 10.0 Å². The van der Waals surface area contributed by atoms with Crippen LogP contribution in [0.25, 0.3) is 0 Å². The van der Waals surface area contributed by atoms with Crippen LogP contribution in [0.4, 0.5) is 10.1 Å². The number of benzene rings is 2. The molecule has 2 aromatic rings. The van der Waals surface area contributed by atoms with Crippen molar-refractivity contribution in [1.82, 2.24) is 4.90 Å². The van der Waals surface area contributed by atoms with Gasteiger partial charge in [-0.25, -0.2) is 4.39 Å². The molecule has 0 atom stereocenters. The monoisotopic (exact) mass is 354 g/mol. The average molecular weight is 355 g/mol. The smallest absolute Gasteiger partial charge is 0.255 e. The largest absolute Gasteiger partial charge is 0.332 e. The molecule has 23 heavy (non-hydrogen) atoms. The van der Waals surface area contributed by atoms with Gasteiger partial charge in [0, 0.05) is 12.7 Å². The molecule has 0 saturated carbocycles. The lowest BCUT2D eigenvalue weighted by Crippen LogP contribution is -2.35. The van der Waals surface area contributed by atoms with Crippen molar-refractivity contribution < 1.29 is 14.0 Å². The van der Waals surface area contributed by atoms with E-state index in [0.717, 1.165) is 0 Å². The van der Waals surface area contributed by atoms with Crippen LogP contribution in [-0.2, 0) is 4.79 Å². The fraction of sp³-hybridized carbons (Fsp3) is 0.125. The highest BCUT2D eigenvalue weighted by molar-refractivity contribution is 6.43. The molecule has 0 spiro atoms. The summed E-state index contributed by atoms with van der Waals surface area (Å²) in [7, 11) is 1.48. The molecule has 7 heteroatoms. The van der Waals surface area contributed by atoms with Crippen molar-refractivity contribution in [1.29, 1.82) is 0 Å². The number of carbonyl (C=O) groups excluding carboxylic acids is 2. The minimum absolute atomic E-state index is 0.143. The van der Waals surface area contributed by atoms with Gasteiger partial charge in [-0.05, 0) is 36.4 Å². The van der Waals surface area contributed by atoms with Crippen molar-refractivity contribution in [2.45, 2.75) is 0 Å². The number of amides is 2. The summed E-state index contributed by atoms with van der Waals surface area (Å²) in [6.45, 7) is -0.181. The second-order valence-electron chi connectivity index (χ2n) is 4.82. The molecule has 0 aliphatic heterocycles. The van der Waals surface area contributed by atoms with Gasteiger partial charge < -0.3 is 10.2 Å². The highest BCUT2D eigenvalue weighted by Gasteiger charge is 2.18. The van der Waals surface area contributed by atoms with Crippen LogP contribution < -0.4 is 5.32 Å². The topological polar surface area (TPSA) is 49.4 Å². The molecule has 0 aromatic heterocycles. The van der Waals surface area contributed by atoms with Crippen LogP contribution >= 0.6 is 23.2 Å². The second-order valence-corrected chi connectivity index (χ2v) is 5.60. The van der Waals surface area contributed by atoms with Gasteiger partial charge in [0.2, 0.25) is 5.91 Å². The molecule has 0 radical (unpaired) electrons. The van der Waals surface area contributed by atoms with E-state index in [1.807, 2.05) is 0 Å². The molecule has 0 unspecified atom stereocenters. The van der Waals surface area contributed by atoms with Gasteiger partial charge in [-0.1, -0.05) is 29.3 Å². The Labute approximate surface area is 142 Å². The average Bonchev–Trinajstić information content (AvgIpc) is 2.51. The van der Waals surface area contributed by atoms with Gasteiger partial charge in [0.05, 0.1) is 22.2 Å². The van der Waals surface area contributed by atoms with E-state index in [-0.39, 0.29) is 22.2 Å². The summed E-state index contributed by atoms with van der Waals surface area (Å²) in [4.78, 5) is 25.5. The van der Waals surface area contributed by atoms with E-state index in [4.69, 9.17) is 23.2 Å². The van der Waals surface area contributed by atoms with Crippen LogP contribution in [0.1, 0.15) is 10.4 Å². The molecule has 0 aliphatic rings. The molecule has 0 bridgehead atoms. The van der Waals surface area contributed by atoms with Gasteiger partial charge >= 0.3 is 0 Å². The van der Waals surface area contributed by atoms with E-state index in [9.17, 15) is 14.0 Å². The Kier molecular flexibility index (Phi) is 5.58. The third-order valence-corrected chi connectivity index (χ3v) is 3.86. The van der Waals surface area contributed by atoms with Crippen LogP contribution in [0.15, 0.2) is 42.5 Å². The lowest BCUT2D eigenvalue weighted by Gasteiger charge is -2.17. The summed E-state index contributed by atoms with van der Waals surface area (Å²) >= 11 is 11.9. The normalized spacial score (nSPS) is 10.3. The lowest BCUT2D eigenvalue weighted by atomic mass is 10.2. The molecule has 0 heterocycles. The summed E-state index contributed by atoms with van der Waals surface area (Å²) in [5.74, 6) is -1.23. The van der Waals surface area contributed by atoms with Gasteiger partial charge in [-0.15, -0.1) is 0 Å². The van der Waals surface area contributed by atoms with Crippen molar-refractivity contribution in [2.24, 2.45) is 0 Å². The Hall–Kier alpha value is -2.11. The first kappa shape index (κ1) is 17.2. The van der Waals surface area contributed by atoms with E-state index in [1.54, 1.807) is 12.1 Å². The third-order valence-electron chi connectivity index (χ3n) is 3.04. The standard InChI is InChI=1S/C16H13Cl2FN2O2/c1-21(16(23)12-3-2-4-13(17)15(12)18)9-14(22)20-11-7-5-10(19)6-8-11/h2-8H,9H2,1H3,(H,20,22). The minimum Gasteiger partial charge on any atom is -0.332 e. The first-order valence-electron chi connectivity index (χ1n) is 6.63. The number of hydrogen-bond acceptors (Lipinski definition) is 2.